The van der Waals surface area contributed by atoms with Gasteiger partial charge in [-0.2, -0.15) is 0 Å². The Kier molecular flexibility index (Phi) is 4.41. The van der Waals surface area contributed by atoms with Gasteiger partial charge < -0.3 is 14.4 Å². The van der Waals surface area contributed by atoms with Crippen molar-refractivity contribution in [1.29, 1.82) is 0 Å². The summed E-state index contributed by atoms with van der Waals surface area (Å²) in [6, 6.07) is 5.63. The van der Waals surface area contributed by atoms with Crippen LogP contribution in [0.2, 0.25) is 5.02 Å². The van der Waals surface area contributed by atoms with Gasteiger partial charge in [0, 0.05) is 30.1 Å². The number of nitrogens with zero attached hydrogens (tertiary/aromatic N) is 1. The van der Waals surface area contributed by atoms with E-state index in [9.17, 15) is 9.90 Å². The quantitative estimate of drug-likeness (QED) is 0.936. The summed E-state index contributed by atoms with van der Waals surface area (Å²) in [5, 5.41) is 10.6. The van der Waals surface area contributed by atoms with Crippen LogP contribution < -0.4 is 0 Å². The molecule has 1 atom stereocenters. The number of para-hydroxylation sites is 1. The maximum atomic E-state index is 12.9. The van der Waals surface area contributed by atoms with Crippen LogP contribution in [0.5, 0.6) is 0 Å². The highest BCUT2D eigenvalue weighted by Crippen LogP contribution is 2.32. The van der Waals surface area contributed by atoms with E-state index in [0.717, 1.165) is 30.2 Å². The summed E-state index contributed by atoms with van der Waals surface area (Å²) in [5.41, 5.74) is 1.40. The zero-order chi connectivity index (χ0) is 15.7. The van der Waals surface area contributed by atoms with Crippen molar-refractivity contribution in [2.75, 3.05) is 13.2 Å². The molecule has 1 fully saturated rings. The predicted molar refractivity (Wildman–Crippen MR) is 86.3 cm³/mol. The molecule has 1 aromatic heterocycles. The smallest absolute Gasteiger partial charge is 0.290 e. The topological polar surface area (TPSA) is 53.7 Å². The molecule has 1 saturated heterocycles. The number of piperidine rings is 1. The van der Waals surface area contributed by atoms with E-state index < -0.39 is 0 Å². The van der Waals surface area contributed by atoms with Crippen LogP contribution in [-0.4, -0.2) is 35.1 Å². The molecule has 118 valence electrons. The molecule has 0 radical (unpaired) electrons. The highest BCUT2D eigenvalue weighted by atomic mass is 35.5. The van der Waals surface area contributed by atoms with Gasteiger partial charge in [0.2, 0.25) is 0 Å². The third-order valence-electron chi connectivity index (χ3n) is 4.46. The van der Waals surface area contributed by atoms with Crippen LogP contribution >= 0.6 is 11.6 Å². The van der Waals surface area contributed by atoms with Crippen LogP contribution in [0.3, 0.4) is 0 Å². The number of benzene rings is 1. The number of furan rings is 1. The minimum absolute atomic E-state index is 0.0920. The zero-order valence-corrected chi connectivity index (χ0v) is 13.4. The van der Waals surface area contributed by atoms with Gasteiger partial charge in [-0.15, -0.1) is 0 Å². The number of aryl methyl sites for hydroxylation is 1. The van der Waals surface area contributed by atoms with Gasteiger partial charge >= 0.3 is 0 Å². The maximum Gasteiger partial charge on any atom is 0.290 e. The highest BCUT2D eigenvalue weighted by molar-refractivity contribution is 6.35. The number of rotatable bonds is 3. The summed E-state index contributed by atoms with van der Waals surface area (Å²) in [6.45, 7) is 2.70. The van der Waals surface area contributed by atoms with Gasteiger partial charge in [-0.25, -0.2) is 0 Å². The van der Waals surface area contributed by atoms with Gasteiger partial charge in [0.25, 0.3) is 5.91 Å². The Hall–Kier alpha value is -1.52. The maximum absolute atomic E-state index is 12.9. The third kappa shape index (κ3) is 2.61. The van der Waals surface area contributed by atoms with Crippen molar-refractivity contribution in [2.24, 2.45) is 0 Å². The minimum Gasteiger partial charge on any atom is -0.449 e. The van der Waals surface area contributed by atoms with E-state index >= 15 is 0 Å². The van der Waals surface area contributed by atoms with Crippen molar-refractivity contribution >= 4 is 28.5 Å². The van der Waals surface area contributed by atoms with E-state index in [1.165, 1.54) is 0 Å². The number of likely N-dealkylation sites (tertiary alicyclic amines) is 1. The van der Waals surface area contributed by atoms with Crippen molar-refractivity contribution in [3.05, 3.63) is 34.5 Å². The minimum atomic E-state index is -0.0945. The van der Waals surface area contributed by atoms with Gasteiger partial charge in [0.05, 0.1) is 5.02 Å². The lowest BCUT2D eigenvalue weighted by atomic mass is 9.99. The first-order chi connectivity index (χ1) is 10.6. The Morgan fingerprint density at radius 1 is 1.45 bits per heavy atom. The zero-order valence-electron chi connectivity index (χ0n) is 12.6. The monoisotopic (exact) mass is 321 g/mol. The second kappa shape index (κ2) is 6.31. The first kappa shape index (κ1) is 15.4. The molecule has 1 N–H and O–H groups in total. The fourth-order valence-corrected chi connectivity index (χ4v) is 3.47. The van der Waals surface area contributed by atoms with Crippen LogP contribution in [0.4, 0.5) is 0 Å². The van der Waals surface area contributed by atoms with Crippen molar-refractivity contribution in [2.45, 2.75) is 38.6 Å². The molecule has 22 heavy (non-hydrogen) atoms. The fraction of sp³-hybridized carbons (Fsp3) is 0.471. The van der Waals surface area contributed by atoms with Gasteiger partial charge in [-0.3, -0.25) is 4.79 Å². The van der Waals surface area contributed by atoms with Crippen LogP contribution in [0.1, 0.15) is 41.8 Å². The standard InChI is InChI=1S/C17H20ClNO3/c1-11-13-6-4-7-14(18)16(13)22-15(11)17(21)19-9-3-2-5-12(19)8-10-20/h4,6-7,12,20H,2-3,5,8-10H2,1H3. The number of aliphatic hydroxyl groups excluding tert-OH is 1. The van der Waals surface area contributed by atoms with Crippen LogP contribution in [-0.2, 0) is 0 Å². The van der Waals surface area contributed by atoms with E-state index in [-0.39, 0.29) is 18.6 Å². The SMILES string of the molecule is Cc1c(C(=O)N2CCCCC2CCO)oc2c(Cl)cccc12. The molecule has 0 bridgehead atoms. The number of hydrogen-bond donors (Lipinski definition) is 1. The van der Waals surface area contributed by atoms with Gasteiger partial charge in [0.15, 0.2) is 11.3 Å². The van der Waals surface area contributed by atoms with E-state index in [0.29, 0.717) is 29.3 Å². The molecule has 2 heterocycles. The highest BCUT2D eigenvalue weighted by Gasteiger charge is 2.30. The summed E-state index contributed by atoms with van der Waals surface area (Å²) >= 11 is 6.16. The molecule has 0 aliphatic carbocycles. The lowest BCUT2D eigenvalue weighted by Crippen LogP contribution is -2.44. The molecule has 4 nitrogen and oxygen atoms in total. The van der Waals surface area contributed by atoms with Gasteiger partial charge in [0.1, 0.15) is 0 Å². The van der Waals surface area contributed by atoms with E-state index in [1.807, 2.05) is 24.0 Å². The molecule has 5 heteroatoms. The first-order valence-electron chi connectivity index (χ1n) is 7.73. The number of hydrogen-bond acceptors (Lipinski definition) is 3. The van der Waals surface area contributed by atoms with Crippen molar-refractivity contribution in [3.63, 3.8) is 0 Å². The molecule has 3 rings (SSSR count). The molecule has 1 aromatic carbocycles. The van der Waals surface area contributed by atoms with Crippen LogP contribution in [0.25, 0.3) is 11.0 Å². The largest absolute Gasteiger partial charge is 0.449 e. The average molecular weight is 322 g/mol. The second-order valence-electron chi connectivity index (χ2n) is 5.83. The Morgan fingerprint density at radius 2 is 2.27 bits per heavy atom. The van der Waals surface area contributed by atoms with E-state index in [4.69, 9.17) is 16.0 Å². The molecule has 1 aliphatic heterocycles. The Bertz CT molecular complexity index is 693. The van der Waals surface area contributed by atoms with Crippen LogP contribution in [0.15, 0.2) is 22.6 Å². The summed E-state index contributed by atoms with van der Waals surface area (Å²) < 4.78 is 5.79. The number of aliphatic hydroxyl groups is 1. The van der Waals surface area contributed by atoms with Crippen LogP contribution in [0, 0.1) is 6.92 Å². The molecular formula is C17H20ClNO3. The third-order valence-corrected chi connectivity index (χ3v) is 4.76. The Morgan fingerprint density at radius 3 is 3.00 bits per heavy atom. The van der Waals surface area contributed by atoms with Crippen molar-refractivity contribution in [3.8, 4) is 0 Å². The van der Waals surface area contributed by atoms with E-state index in [1.54, 1.807) is 6.07 Å². The summed E-state index contributed by atoms with van der Waals surface area (Å²) in [4.78, 5) is 14.7. The number of halogens is 1. The molecule has 2 aromatic rings. The number of amides is 1. The van der Waals surface area contributed by atoms with Gasteiger partial charge in [-0.05, 0) is 38.7 Å². The summed E-state index contributed by atoms with van der Waals surface area (Å²) in [6.07, 6.45) is 3.64. The summed E-state index contributed by atoms with van der Waals surface area (Å²) in [5.74, 6) is 0.274. The molecule has 1 aliphatic rings. The second-order valence-corrected chi connectivity index (χ2v) is 6.24. The molecule has 1 amide bonds. The molecule has 0 saturated carbocycles. The predicted octanol–water partition coefficient (Wildman–Crippen LogP) is 3.77. The van der Waals surface area contributed by atoms with Gasteiger partial charge in [-0.1, -0.05) is 23.7 Å². The normalized spacial score (nSPS) is 18.9. The lowest BCUT2D eigenvalue weighted by molar-refractivity contribution is 0.0544. The first-order valence-corrected chi connectivity index (χ1v) is 8.10. The van der Waals surface area contributed by atoms with Crippen molar-refractivity contribution < 1.29 is 14.3 Å². The molecule has 1 unspecified atom stereocenters. The number of fused-ring (bicyclic) bond motifs is 1. The Labute approximate surface area is 134 Å². The van der Waals surface area contributed by atoms with E-state index in [2.05, 4.69) is 0 Å². The number of carbonyl (C=O) groups is 1. The number of carbonyl (C=O) groups excluding carboxylic acids is 1. The van der Waals surface area contributed by atoms with Crippen molar-refractivity contribution in [1.82, 2.24) is 4.90 Å². The molecular weight excluding hydrogens is 302 g/mol. The summed E-state index contributed by atoms with van der Waals surface area (Å²) in [7, 11) is 0. The molecule has 0 spiro atoms. The Balaban J connectivity index is 1.97. The fourth-order valence-electron chi connectivity index (χ4n) is 3.26. The lowest BCUT2D eigenvalue weighted by Gasteiger charge is -2.35. The average Bonchev–Trinajstić information content (AvgIpc) is 2.86.